The number of rotatable bonds is 6. The fraction of sp³-hybridized carbons (Fsp3) is 0.500. The highest BCUT2D eigenvalue weighted by Gasteiger charge is 1.99. The van der Waals surface area contributed by atoms with Crippen LogP contribution in [-0.2, 0) is 11.2 Å². The van der Waals surface area contributed by atoms with E-state index < -0.39 is 0 Å². The van der Waals surface area contributed by atoms with Gasteiger partial charge in [-0.15, -0.1) is 11.3 Å². The first-order valence-corrected chi connectivity index (χ1v) is 6.85. The van der Waals surface area contributed by atoms with Crippen LogP contribution in [0.3, 0.4) is 0 Å². The number of methoxy groups -OCH3 is 1. The molecule has 0 spiro atoms. The van der Waals surface area contributed by atoms with Crippen molar-refractivity contribution in [1.29, 1.82) is 0 Å². The number of aliphatic imine (C=N–C) groups is 1. The Morgan fingerprint density at radius 1 is 1.59 bits per heavy atom. The van der Waals surface area contributed by atoms with Crippen molar-refractivity contribution in [3.05, 3.63) is 20.8 Å². The molecule has 7 heteroatoms. The van der Waals surface area contributed by atoms with E-state index in [2.05, 4.69) is 43.8 Å². The van der Waals surface area contributed by atoms with E-state index in [1.165, 1.54) is 4.88 Å². The van der Waals surface area contributed by atoms with Crippen LogP contribution in [-0.4, -0.2) is 32.8 Å². The van der Waals surface area contributed by atoms with Crippen molar-refractivity contribution in [3.63, 3.8) is 0 Å². The Kier molecular flexibility index (Phi) is 7.18. The second-order valence-corrected chi connectivity index (χ2v) is 5.80. The molecule has 0 atom stereocenters. The van der Waals surface area contributed by atoms with E-state index in [0.29, 0.717) is 19.1 Å². The zero-order chi connectivity index (χ0) is 12.5. The van der Waals surface area contributed by atoms with Gasteiger partial charge in [0.1, 0.15) is 0 Å². The second-order valence-electron chi connectivity index (χ2n) is 3.25. The van der Waals surface area contributed by atoms with E-state index in [0.717, 1.165) is 16.8 Å². The zero-order valence-corrected chi connectivity index (χ0v) is 12.1. The zero-order valence-electron chi connectivity index (χ0n) is 9.70. The average Bonchev–Trinajstić information content (AvgIpc) is 2.73. The van der Waals surface area contributed by atoms with Gasteiger partial charge in [0.2, 0.25) is 5.96 Å². The summed E-state index contributed by atoms with van der Waals surface area (Å²) in [4.78, 5) is 5.52. The van der Waals surface area contributed by atoms with Gasteiger partial charge in [-0.1, -0.05) is 0 Å². The summed E-state index contributed by atoms with van der Waals surface area (Å²) in [5, 5.41) is 3.14. The molecular weight excluding hydrogens is 304 g/mol. The lowest BCUT2D eigenvalue weighted by Crippen LogP contribution is -2.42. The molecule has 0 unspecified atom stereocenters. The number of guanidine groups is 1. The molecule has 0 radical (unpaired) electrons. The molecule has 0 saturated carbocycles. The van der Waals surface area contributed by atoms with Crippen molar-refractivity contribution in [2.24, 2.45) is 10.8 Å². The molecule has 0 fully saturated rings. The molecule has 0 aliphatic rings. The number of nitrogens with zero attached hydrogens (tertiary/aromatic N) is 1. The van der Waals surface area contributed by atoms with Crippen molar-refractivity contribution < 1.29 is 4.74 Å². The Bertz CT molecular complexity index is 356. The third-order valence-corrected chi connectivity index (χ3v) is 3.68. The van der Waals surface area contributed by atoms with Gasteiger partial charge in [-0.25, -0.2) is 10.8 Å². The maximum Gasteiger partial charge on any atom is 0.205 e. The van der Waals surface area contributed by atoms with Gasteiger partial charge in [0, 0.05) is 18.5 Å². The molecule has 0 aliphatic carbocycles. The summed E-state index contributed by atoms with van der Waals surface area (Å²) < 4.78 is 6.06. The minimum atomic E-state index is 0.588. The van der Waals surface area contributed by atoms with Crippen LogP contribution in [0.1, 0.15) is 4.88 Å². The quantitative estimate of drug-likeness (QED) is 0.241. The lowest BCUT2D eigenvalue weighted by Gasteiger charge is -2.08. The Hall–Kier alpha value is -0.630. The Morgan fingerprint density at radius 2 is 2.41 bits per heavy atom. The van der Waals surface area contributed by atoms with Crippen LogP contribution in [0.15, 0.2) is 20.9 Å². The number of halogens is 1. The van der Waals surface area contributed by atoms with E-state index in [-0.39, 0.29) is 0 Å². The first-order chi connectivity index (χ1) is 8.26. The van der Waals surface area contributed by atoms with Gasteiger partial charge < -0.3 is 10.1 Å². The smallest absolute Gasteiger partial charge is 0.205 e. The predicted molar refractivity (Wildman–Crippen MR) is 75.2 cm³/mol. The molecule has 0 aliphatic heterocycles. The molecule has 1 rings (SSSR count). The molecule has 17 heavy (non-hydrogen) atoms. The average molecular weight is 321 g/mol. The summed E-state index contributed by atoms with van der Waals surface area (Å²) in [6.07, 6.45) is 0.946. The van der Waals surface area contributed by atoms with Gasteiger partial charge in [-0.3, -0.25) is 5.43 Å². The maximum absolute atomic E-state index is 5.35. The molecule has 1 aromatic rings. The predicted octanol–water partition coefficient (Wildman–Crippen LogP) is 1.11. The molecule has 0 amide bonds. The fourth-order valence-electron chi connectivity index (χ4n) is 1.19. The highest BCUT2D eigenvalue weighted by Crippen LogP contribution is 2.21. The van der Waals surface area contributed by atoms with Crippen molar-refractivity contribution in [2.75, 3.05) is 26.8 Å². The SMILES string of the molecule is COCCN=C(NN)NCCc1ccc(Br)s1. The third-order valence-electron chi connectivity index (χ3n) is 1.99. The highest BCUT2D eigenvalue weighted by atomic mass is 79.9. The van der Waals surface area contributed by atoms with Gasteiger partial charge in [-0.2, -0.15) is 0 Å². The number of thiophene rings is 1. The molecule has 0 bridgehead atoms. The van der Waals surface area contributed by atoms with Crippen molar-refractivity contribution >= 4 is 33.2 Å². The number of nitrogens with two attached hydrogens (primary N) is 1. The van der Waals surface area contributed by atoms with Gasteiger partial charge in [0.05, 0.1) is 16.9 Å². The normalized spacial score (nSPS) is 11.6. The monoisotopic (exact) mass is 320 g/mol. The van der Waals surface area contributed by atoms with Crippen LogP contribution < -0.4 is 16.6 Å². The second kappa shape index (κ2) is 8.46. The molecule has 1 heterocycles. The van der Waals surface area contributed by atoms with Gasteiger partial charge in [-0.05, 0) is 34.5 Å². The summed E-state index contributed by atoms with van der Waals surface area (Å²) in [5.74, 6) is 5.94. The third kappa shape index (κ3) is 6.02. The van der Waals surface area contributed by atoms with Crippen LogP contribution in [0.5, 0.6) is 0 Å². The summed E-state index contributed by atoms with van der Waals surface area (Å²) in [5.41, 5.74) is 2.53. The van der Waals surface area contributed by atoms with Crippen molar-refractivity contribution in [1.82, 2.24) is 10.7 Å². The minimum absolute atomic E-state index is 0.588. The lowest BCUT2D eigenvalue weighted by atomic mass is 10.3. The summed E-state index contributed by atoms with van der Waals surface area (Å²) in [6, 6.07) is 4.16. The standard InChI is InChI=1S/C10H17BrN4OS/c1-16-7-6-14-10(15-12)13-5-4-8-2-3-9(11)17-8/h2-3H,4-7,12H2,1H3,(H2,13,14,15). The Balaban J connectivity index is 2.25. The topological polar surface area (TPSA) is 71.7 Å². The van der Waals surface area contributed by atoms with Crippen LogP contribution in [0, 0.1) is 0 Å². The van der Waals surface area contributed by atoms with Crippen LogP contribution in [0.4, 0.5) is 0 Å². The minimum Gasteiger partial charge on any atom is -0.383 e. The van der Waals surface area contributed by atoms with E-state index in [1.54, 1.807) is 18.4 Å². The van der Waals surface area contributed by atoms with E-state index in [9.17, 15) is 0 Å². The summed E-state index contributed by atoms with van der Waals surface area (Å²) in [7, 11) is 1.65. The van der Waals surface area contributed by atoms with Gasteiger partial charge in [0.15, 0.2) is 0 Å². The number of ether oxygens (including phenoxy) is 1. The molecule has 0 aromatic carbocycles. The van der Waals surface area contributed by atoms with Gasteiger partial charge in [0.25, 0.3) is 0 Å². The summed E-state index contributed by atoms with van der Waals surface area (Å²) >= 11 is 5.17. The molecular formula is C10H17BrN4OS. The number of nitrogens with one attached hydrogen (secondary N) is 2. The van der Waals surface area contributed by atoms with Crippen LogP contribution >= 0.6 is 27.3 Å². The van der Waals surface area contributed by atoms with Crippen molar-refractivity contribution in [3.8, 4) is 0 Å². The Labute approximate surface area is 114 Å². The first-order valence-electron chi connectivity index (χ1n) is 5.24. The largest absolute Gasteiger partial charge is 0.383 e. The maximum atomic E-state index is 5.35. The van der Waals surface area contributed by atoms with Gasteiger partial charge >= 0.3 is 0 Å². The lowest BCUT2D eigenvalue weighted by molar-refractivity contribution is 0.208. The number of hydrogen-bond acceptors (Lipinski definition) is 4. The number of hydrogen-bond donors (Lipinski definition) is 3. The van der Waals surface area contributed by atoms with E-state index in [4.69, 9.17) is 10.6 Å². The van der Waals surface area contributed by atoms with Crippen molar-refractivity contribution in [2.45, 2.75) is 6.42 Å². The first kappa shape index (κ1) is 14.4. The molecule has 96 valence electrons. The van der Waals surface area contributed by atoms with Crippen LogP contribution in [0.2, 0.25) is 0 Å². The molecule has 0 saturated heterocycles. The molecule has 1 aromatic heterocycles. The van der Waals surface area contributed by atoms with E-state index >= 15 is 0 Å². The Morgan fingerprint density at radius 3 is 3.00 bits per heavy atom. The van der Waals surface area contributed by atoms with E-state index in [1.807, 2.05) is 0 Å². The number of hydrazine groups is 1. The summed E-state index contributed by atoms with van der Waals surface area (Å²) in [6.45, 7) is 1.97. The molecule has 5 nitrogen and oxygen atoms in total. The fourth-order valence-corrected chi connectivity index (χ4v) is 2.67. The highest BCUT2D eigenvalue weighted by molar-refractivity contribution is 9.11. The molecule has 4 N–H and O–H groups in total. The van der Waals surface area contributed by atoms with Crippen LogP contribution in [0.25, 0.3) is 0 Å².